The lowest BCUT2D eigenvalue weighted by Gasteiger charge is -2.14. The van der Waals surface area contributed by atoms with E-state index in [0.717, 1.165) is 6.42 Å². The molecule has 0 saturated heterocycles. The number of hydrogen-bond donors (Lipinski definition) is 1. The van der Waals surface area contributed by atoms with Crippen molar-refractivity contribution in [2.24, 2.45) is 5.73 Å². The van der Waals surface area contributed by atoms with Crippen LogP contribution in [0.4, 0.5) is 0 Å². The summed E-state index contributed by atoms with van der Waals surface area (Å²) in [4.78, 5) is 4.21. The maximum atomic E-state index is 6.32. The molecule has 1 atom stereocenters. The average Bonchev–Trinajstić information content (AvgIpc) is 2.43. The molecule has 2 aromatic rings. The van der Waals surface area contributed by atoms with Gasteiger partial charge in [-0.25, -0.2) is 0 Å². The van der Waals surface area contributed by atoms with Gasteiger partial charge in [0.2, 0.25) is 0 Å². The van der Waals surface area contributed by atoms with E-state index in [0.29, 0.717) is 0 Å². The monoisotopic (exact) mass is 242 g/mol. The molecule has 0 radical (unpaired) electrons. The van der Waals surface area contributed by atoms with Crippen LogP contribution in [0, 0.1) is 0 Å². The summed E-state index contributed by atoms with van der Waals surface area (Å²) in [5.41, 5.74) is 7.55. The summed E-state index contributed by atoms with van der Waals surface area (Å²) >= 11 is 0. The van der Waals surface area contributed by atoms with Crippen molar-refractivity contribution < 1.29 is 0 Å². The van der Waals surface area contributed by atoms with E-state index in [9.17, 15) is 0 Å². The second-order valence-electron chi connectivity index (χ2n) is 4.90. The Labute approximate surface area is 109 Å². The number of rotatable bonds is 6. The van der Waals surface area contributed by atoms with Crippen LogP contribution in [0.15, 0.2) is 36.7 Å². The predicted octanol–water partition coefficient (Wildman–Crippen LogP) is 4.21. The van der Waals surface area contributed by atoms with E-state index in [1.807, 2.05) is 18.5 Å². The maximum absolute atomic E-state index is 6.32. The number of nitrogens with two attached hydrogens (primary N) is 1. The highest BCUT2D eigenvalue weighted by Crippen LogP contribution is 2.25. The Bertz CT molecular complexity index is 488. The summed E-state index contributed by atoms with van der Waals surface area (Å²) in [6.07, 6.45) is 9.90. The van der Waals surface area contributed by atoms with E-state index in [4.69, 9.17) is 5.73 Å². The molecule has 18 heavy (non-hydrogen) atoms. The summed E-state index contributed by atoms with van der Waals surface area (Å²) in [5.74, 6) is 0. The fourth-order valence-corrected chi connectivity index (χ4v) is 2.41. The van der Waals surface area contributed by atoms with Gasteiger partial charge in [0.05, 0.1) is 0 Å². The van der Waals surface area contributed by atoms with Gasteiger partial charge in [-0.15, -0.1) is 0 Å². The lowest BCUT2D eigenvalue weighted by molar-refractivity contribution is 0.568. The number of nitrogens with zero attached hydrogens (tertiary/aromatic N) is 1. The van der Waals surface area contributed by atoms with Gasteiger partial charge in [0.25, 0.3) is 0 Å². The summed E-state index contributed by atoms with van der Waals surface area (Å²) in [6, 6.07) is 8.51. The fraction of sp³-hybridized carbons (Fsp3) is 0.438. The zero-order valence-corrected chi connectivity index (χ0v) is 11.1. The third kappa shape index (κ3) is 3.08. The van der Waals surface area contributed by atoms with Gasteiger partial charge in [0.15, 0.2) is 0 Å². The van der Waals surface area contributed by atoms with Crippen molar-refractivity contribution in [1.29, 1.82) is 0 Å². The highest BCUT2D eigenvalue weighted by molar-refractivity contribution is 5.85. The number of hydrogen-bond acceptors (Lipinski definition) is 2. The molecule has 0 fully saturated rings. The molecule has 2 nitrogen and oxygen atoms in total. The third-order valence-corrected chi connectivity index (χ3v) is 3.49. The third-order valence-electron chi connectivity index (χ3n) is 3.49. The molecule has 1 aromatic carbocycles. The topological polar surface area (TPSA) is 38.9 Å². The quantitative estimate of drug-likeness (QED) is 0.771. The summed E-state index contributed by atoms with van der Waals surface area (Å²) in [6.45, 7) is 2.23. The van der Waals surface area contributed by atoms with Crippen molar-refractivity contribution in [2.45, 2.75) is 45.1 Å². The van der Waals surface area contributed by atoms with Crippen molar-refractivity contribution in [1.82, 2.24) is 4.98 Å². The minimum Gasteiger partial charge on any atom is -0.324 e. The van der Waals surface area contributed by atoms with E-state index in [1.165, 1.54) is 42.0 Å². The summed E-state index contributed by atoms with van der Waals surface area (Å²) in [7, 11) is 0. The lowest BCUT2D eigenvalue weighted by atomic mass is 9.96. The van der Waals surface area contributed by atoms with Crippen molar-refractivity contribution >= 4 is 10.8 Å². The number of unbranched alkanes of at least 4 members (excludes halogenated alkanes) is 3. The molecule has 0 aliphatic carbocycles. The first-order valence-corrected chi connectivity index (χ1v) is 6.91. The Balaban J connectivity index is 2.10. The van der Waals surface area contributed by atoms with Crippen LogP contribution in [0.2, 0.25) is 0 Å². The van der Waals surface area contributed by atoms with Gasteiger partial charge < -0.3 is 5.73 Å². The first-order chi connectivity index (χ1) is 8.83. The van der Waals surface area contributed by atoms with Gasteiger partial charge in [-0.05, 0) is 23.4 Å². The Hall–Kier alpha value is -1.41. The first kappa shape index (κ1) is 13.0. The van der Waals surface area contributed by atoms with E-state index < -0.39 is 0 Å². The molecular weight excluding hydrogens is 220 g/mol. The molecule has 0 saturated carbocycles. The molecular formula is C16H22N2. The molecule has 1 unspecified atom stereocenters. The van der Waals surface area contributed by atoms with E-state index in [-0.39, 0.29) is 6.04 Å². The molecule has 2 N–H and O–H groups in total. The van der Waals surface area contributed by atoms with Crippen LogP contribution in [-0.2, 0) is 0 Å². The Morgan fingerprint density at radius 1 is 1.17 bits per heavy atom. The zero-order chi connectivity index (χ0) is 12.8. The Morgan fingerprint density at radius 3 is 2.89 bits per heavy atom. The number of pyridine rings is 1. The van der Waals surface area contributed by atoms with Gasteiger partial charge in [0.1, 0.15) is 0 Å². The number of fused-ring (bicyclic) bond motifs is 1. The minimum absolute atomic E-state index is 0.134. The van der Waals surface area contributed by atoms with Crippen molar-refractivity contribution in [3.63, 3.8) is 0 Å². The van der Waals surface area contributed by atoms with Crippen molar-refractivity contribution in [2.75, 3.05) is 0 Å². The van der Waals surface area contributed by atoms with Gasteiger partial charge in [-0.2, -0.15) is 0 Å². The van der Waals surface area contributed by atoms with Gasteiger partial charge in [-0.1, -0.05) is 50.8 Å². The van der Waals surface area contributed by atoms with Crippen LogP contribution in [0.25, 0.3) is 10.8 Å². The van der Waals surface area contributed by atoms with E-state index in [1.54, 1.807) is 0 Å². The van der Waals surface area contributed by atoms with Gasteiger partial charge in [0, 0.05) is 23.8 Å². The fourth-order valence-electron chi connectivity index (χ4n) is 2.41. The van der Waals surface area contributed by atoms with Crippen LogP contribution < -0.4 is 5.73 Å². The van der Waals surface area contributed by atoms with E-state index >= 15 is 0 Å². The molecule has 0 aliphatic heterocycles. The molecule has 2 heteroatoms. The largest absolute Gasteiger partial charge is 0.324 e. The normalized spacial score (nSPS) is 12.8. The predicted molar refractivity (Wildman–Crippen MR) is 77.4 cm³/mol. The highest BCUT2D eigenvalue weighted by atomic mass is 14.6. The highest BCUT2D eigenvalue weighted by Gasteiger charge is 2.09. The first-order valence-electron chi connectivity index (χ1n) is 6.91. The van der Waals surface area contributed by atoms with Crippen LogP contribution >= 0.6 is 0 Å². The van der Waals surface area contributed by atoms with Crippen molar-refractivity contribution in [3.05, 3.63) is 42.2 Å². The molecule has 0 bridgehead atoms. The number of benzene rings is 1. The SMILES string of the molecule is CCCCCCC(N)c1cccc2ccncc12. The molecule has 2 rings (SSSR count). The Kier molecular flexibility index (Phi) is 4.71. The van der Waals surface area contributed by atoms with Crippen LogP contribution in [0.1, 0.15) is 50.6 Å². The molecule has 1 aromatic heterocycles. The van der Waals surface area contributed by atoms with Crippen LogP contribution in [0.5, 0.6) is 0 Å². The molecule has 0 amide bonds. The lowest BCUT2D eigenvalue weighted by Crippen LogP contribution is -2.10. The number of aromatic nitrogens is 1. The molecule has 0 spiro atoms. The molecule has 1 heterocycles. The van der Waals surface area contributed by atoms with Crippen LogP contribution in [0.3, 0.4) is 0 Å². The minimum atomic E-state index is 0.134. The summed E-state index contributed by atoms with van der Waals surface area (Å²) < 4.78 is 0. The summed E-state index contributed by atoms with van der Waals surface area (Å²) in [5, 5.41) is 2.43. The van der Waals surface area contributed by atoms with Crippen molar-refractivity contribution in [3.8, 4) is 0 Å². The molecule has 0 aliphatic rings. The smallest absolute Gasteiger partial charge is 0.0349 e. The standard InChI is InChI=1S/C16H22N2/c1-2-3-4-5-9-16(17)14-8-6-7-13-10-11-18-12-15(13)14/h6-8,10-12,16H,2-5,9,17H2,1H3. The Morgan fingerprint density at radius 2 is 2.06 bits per heavy atom. The molecule has 96 valence electrons. The van der Waals surface area contributed by atoms with E-state index in [2.05, 4.69) is 30.1 Å². The van der Waals surface area contributed by atoms with Gasteiger partial charge >= 0.3 is 0 Å². The van der Waals surface area contributed by atoms with Crippen LogP contribution in [-0.4, -0.2) is 4.98 Å². The zero-order valence-electron chi connectivity index (χ0n) is 11.1. The second-order valence-corrected chi connectivity index (χ2v) is 4.90. The second kappa shape index (κ2) is 6.50. The average molecular weight is 242 g/mol. The maximum Gasteiger partial charge on any atom is 0.0349 e. The van der Waals surface area contributed by atoms with Gasteiger partial charge in [-0.3, -0.25) is 4.98 Å².